The number of hydrogen-bond acceptors (Lipinski definition) is 8. The summed E-state index contributed by atoms with van der Waals surface area (Å²) in [5.41, 5.74) is 0.715. The lowest BCUT2D eigenvalue weighted by Crippen LogP contribution is -2.49. The molecule has 3 heterocycles. The maximum absolute atomic E-state index is 11.8. The van der Waals surface area contributed by atoms with Crippen LogP contribution in [0, 0.1) is 0 Å². The Morgan fingerprint density at radius 1 is 1.44 bits per heavy atom. The standard InChI is InChI=1S/C16H21N3O7S/c1-27(22,23)19(11-16(20)21)10-13-9-18(4-6-24-13)8-12-7-15(26-17-12)14-3-2-5-25-14/h2-3,5,7,13H,4,6,8-11H2,1H3,(H,20,21). The fraction of sp³-hybridized carbons (Fsp3) is 0.500. The summed E-state index contributed by atoms with van der Waals surface area (Å²) in [6, 6.07) is 5.32. The first-order chi connectivity index (χ1) is 12.8. The third-order valence-corrected chi connectivity index (χ3v) is 5.34. The average molecular weight is 399 g/mol. The van der Waals surface area contributed by atoms with Crippen molar-refractivity contribution in [1.82, 2.24) is 14.4 Å². The molecule has 1 aliphatic heterocycles. The van der Waals surface area contributed by atoms with Gasteiger partial charge in [-0.1, -0.05) is 5.16 Å². The van der Waals surface area contributed by atoms with E-state index in [1.54, 1.807) is 24.5 Å². The molecule has 3 rings (SSSR count). The molecule has 1 atom stereocenters. The molecule has 0 aliphatic carbocycles. The summed E-state index contributed by atoms with van der Waals surface area (Å²) in [6.45, 7) is 1.42. The van der Waals surface area contributed by atoms with Crippen LogP contribution in [0.15, 0.2) is 33.4 Å². The van der Waals surface area contributed by atoms with Crippen LogP contribution >= 0.6 is 0 Å². The lowest BCUT2D eigenvalue weighted by molar-refractivity contribution is -0.137. The average Bonchev–Trinajstić information content (AvgIpc) is 3.24. The first kappa shape index (κ1) is 19.5. The number of aromatic nitrogens is 1. The number of morpholine rings is 1. The van der Waals surface area contributed by atoms with Crippen molar-refractivity contribution >= 4 is 16.0 Å². The van der Waals surface area contributed by atoms with E-state index in [1.807, 2.05) is 0 Å². The zero-order valence-corrected chi connectivity index (χ0v) is 15.6. The number of hydrogen-bond donors (Lipinski definition) is 1. The molecule has 2 aromatic rings. The molecule has 1 aliphatic rings. The van der Waals surface area contributed by atoms with E-state index in [-0.39, 0.29) is 6.54 Å². The Balaban J connectivity index is 1.60. The molecule has 11 heteroatoms. The smallest absolute Gasteiger partial charge is 0.318 e. The second-order valence-electron chi connectivity index (χ2n) is 6.34. The molecule has 0 amide bonds. The van der Waals surface area contributed by atoms with Crippen molar-refractivity contribution < 1.29 is 32.0 Å². The van der Waals surface area contributed by atoms with E-state index in [4.69, 9.17) is 18.8 Å². The van der Waals surface area contributed by atoms with Gasteiger partial charge in [-0.3, -0.25) is 9.69 Å². The molecule has 0 aromatic carbocycles. The highest BCUT2D eigenvalue weighted by molar-refractivity contribution is 7.88. The van der Waals surface area contributed by atoms with Crippen molar-refractivity contribution in [2.75, 3.05) is 39.0 Å². The molecule has 1 fully saturated rings. The van der Waals surface area contributed by atoms with E-state index >= 15 is 0 Å². The van der Waals surface area contributed by atoms with Gasteiger partial charge in [0.1, 0.15) is 6.54 Å². The Morgan fingerprint density at radius 3 is 2.93 bits per heavy atom. The minimum absolute atomic E-state index is 0.0158. The fourth-order valence-electron chi connectivity index (χ4n) is 2.88. The highest BCUT2D eigenvalue weighted by Crippen LogP contribution is 2.21. The molecule has 148 valence electrons. The highest BCUT2D eigenvalue weighted by Gasteiger charge is 2.28. The molecule has 2 aromatic heterocycles. The minimum Gasteiger partial charge on any atom is -0.480 e. The Kier molecular flexibility index (Phi) is 5.95. The molecule has 1 unspecified atom stereocenters. The van der Waals surface area contributed by atoms with Crippen LogP contribution in [0.1, 0.15) is 5.69 Å². The number of carboxylic acids is 1. The molecular formula is C16H21N3O7S. The van der Waals surface area contributed by atoms with Gasteiger partial charge in [0.15, 0.2) is 5.76 Å². The van der Waals surface area contributed by atoms with Crippen molar-refractivity contribution in [1.29, 1.82) is 0 Å². The number of carbonyl (C=O) groups is 1. The van der Waals surface area contributed by atoms with Gasteiger partial charge in [0.25, 0.3) is 0 Å². The summed E-state index contributed by atoms with van der Waals surface area (Å²) >= 11 is 0. The van der Waals surface area contributed by atoms with E-state index in [2.05, 4.69) is 10.1 Å². The van der Waals surface area contributed by atoms with Crippen LogP contribution < -0.4 is 0 Å². The lowest BCUT2D eigenvalue weighted by atomic mass is 10.2. The predicted octanol–water partition coefficient (Wildman–Crippen LogP) is 0.482. The van der Waals surface area contributed by atoms with Gasteiger partial charge in [0.2, 0.25) is 15.8 Å². The third kappa shape index (κ3) is 5.39. The Hall–Kier alpha value is -2.21. The fourth-order valence-corrected chi connectivity index (χ4v) is 3.66. The van der Waals surface area contributed by atoms with E-state index < -0.39 is 28.6 Å². The number of rotatable bonds is 8. The normalized spacial score (nSPS) is 18.8. The van der Waals surface area contributed by atoms with Gasteiger partial charge >= 0.3 is 5.97 Å². The summed E-state index contributed by atoms with van der Waals surface area (Å²) in [6.07, 6.45) is 2.11. The Morgan fingerprint density at radius 2 is 2.26 bits per heavy atom. The number of nitrogens with zero attached hydrogens (tertiary/aromatic N) is 3. The molecule has 10 nitrogen and oxygen atoms in total. The van der Waals surface area contributed by atoms with Gasteiger partial charge in [-0.2, -0.15) is 4.31 Å². The van der Waals surface area contributed by atoms with Crippen LogP contribution in [-0.4, -0.2) is 79.0 Å². The molecule has 1 N–H and O–H groups in total. The van der Waals surface area contributed by atoms with Crippen molar-refractivity contribution in [3.63, 3.8) is 0 Å². The lowest BCUT2D eigenvalue weighted by Gasteiger charge is -2.34. The molecule has 1 saturated heterocycles. The van der Waals surface area contributed by atoms with Crippen LogP contribution in [-0.2, 0) is 26.1 Å². The summed E-state index contributed by atoms with van der Waals surface area (Å²) in [4.78, 5) is 13.0. The predicted molar refractivity (Wildman–Crippen MR) is 93.3 cm³/mol. The minimum atomic E-state index is -3.64. The van der Waals surface area contributed by atoms with Crippen LogP contribution in [0.2, 0.25) is 0 Å². The molecule has 0 saturated carbocycles. The second-order valence-corrected chi connectivity index (χ2v) is 8.32. The number of furan rings is 1. The van der Waals surface area contributed by atoms with E-state index in [1.165, 1.54) is 0 Å². The molecular weight excluding hydrogens is 378 g/mol. The van der Waals surface area contributed by atoms with Gasteiger partial charge in [-0.25, -0.2) is 8.42 Å². The van der Waals surface area contributed by atoms with Gasteiger partial charge in [0, 0.05) is 32.2 Å². The molecule has 27 heavy (non-hydrogen) atoms. The van der Waals surface area contributed by atoms with Crippen LogP contribution in [0.5, 0.6) is 0 Å². The summed E-state index contributed by atoms with van der Waals surface area (Å²) < 4.78 is 40.7. The molecule has 0 bridgehead atoms. The van der Waals surface area contributed by atoms with Crippen molar-refractivity contribution in [3.05, 3.63) is 30.2 Å². The van der Waals surface area contributed by atoms with Gasteiger partial charge in [0.05, 0.1) is 30.9 Å². The van der Waals surface area contributed by atoms with Gasteiger partial charge < -0.3 is 18.8 Å². The van der Waals surface area contributed by atoms with Crippen molar-refractivity contribution in [3.8, 4) is 11.5 Å². The van der Waals surface area contributed by atoms with E-state index in [9.17, 15) is 13.2 Å². The van der Waals surface area contributed by atoms with Crippen LogP contribution in [0.3, 0.4) is 0 Å². The van der Waals surface area contributed by atoms with Crippen LogP contribution in [0.4, 0.5) is 0 Å². The third-order valence-electron chi connectivity index (χ3n) is 4.12. The first-order valence-corrected chi connectivity index (χ1v) is 10.2. The summed E-state index contributed by atoms with van der Waals surface area (Å²) in [7, 11) is -3.64. The number of carboxylic acid groups (broad SMARTS) is 1. The Bertz CT molecular complexity index is 862. The second kappa shape index (κ2) is 8.21. The maximum atomic E-state index is 11.8. The van der Waals surface area contributed by atoms with E-state index in [0.29, 0.717) is 43.5 Å². The van der Waals surface area contributed by atoms with Crippen molar-refractivity contribution in [2.24, 2.45) is 0 Å². The number of sulfonamides is 1. The molecule has 0 radical (unpaired) electrons. The monoisotopic (exact) mass is 399 g/mol. The van der Waals surface area contributed by atoms with Gasteiger partial charge in [-0.15, -0.1) is 0 Å². The maximum Gasteiger partial charge on any atom is 0.318 e. The largest absolute Gasteiger partial charge is 0.480 e. The van der Waals surface area contributed by atoms with E-state index in [0.717, 1.165) is 10.6 Å². The van der Waals surface area contributed by atoms with Crippen molar-refractivity contribution in [2.45, 2.75) is 12.6 Å². The topological polar surface area (TPSA) is 126 Å². The Labute approximate surface area is 156 Å². The SMILES string of the molecule is CS(=O)(=O)N(CC(=O)O)CC1CN(Cc2cc(-c3ccco3)on2)CCO1. The summed E-state index contributed by atoms with van der Waals surface area (Å²) in [5, 5.41) is 12.9. The highest BCUT2D eigenvalue weighted by atomic mass is 32.2. The number of ether oxygens (including phenoxy) is 1. The first-order valence-electron chi connectivity index (χ1n) is 8.31. The number of aliphatic carboxylic acids is 1. The van der Waals surface area contributed by atoms with Crippen LogP contribution in [0.25, 0.3) is 11.5 Å². The molecule has 0 spiro atoms. The zero-order valence-electron chi connectivity index (χ0n) is 14.8. The summed E-state index contributed by atoms with van der Waals surface area (Å²) in [5.74, 6) is -0.0864. The quantitative estimate of drug-likeness (QED) is 0.674. The van der Waals surface area contributed by atoms with Gasteiger partial charge in [-0.05, 0) is 12.1 Å². The zero-order chi connectivity index (χ0) is 19.4.